The van der Waals surface area contributed by atoms with Crippen molar-refractivity contribution < 1.29 is 23.4 Å². The molecule has 0 bridgehead atoms. The number of cyclic esters (lactones) is 1. The van der Waals surface area contributed by atoms with Crippen molar-refractivity contribution in [3.8, 4) is 0 Å². The van der Waals surface area contributed by atoms with Crippen LogP contribution in [-0.2, 0) is 23.4 Å². The number of esters is 1. The summed E-state index contributed by atoms with van der Waals surface area (Å²) in [6, 6.07) is 19.6. The van der Waals surface area contributed by atoms with Crippen molar-refractivity contribution in [3.05, 3.63) is 71.1 Å². The SMILES string of the molecule is CC1(C)O[C@H]2[C@@H]([C@@H](CO[Si](c3ccccc3)(c3ccccc3)C(C)(C)C)N=[N+]=[N-])OC(=O)[C@H]2O1. The summed E-state index contributed by atoms with van der Waals surface area (Å²) in [5.41, 5.74) is 9.33. The Bertz CT molecular complexity index is 1030. The lowest BCUT2D eigenvalue weighted by molar-refractivity contribution is -0.188. The zero-order valence-electron chi connectivity index (χ0n) is 20.2. The number of hydrogen-bond acceptors (Lipinski definition) is 6. The molecule has 0 aliphatic carbocycles. The maximum atomic E-state index is 12.5. The summed E-state index contributed by atoms with van der Waals surface area (Å²) in [5, 5.41) is 5.95. The predicted molar refractivity (Wildman–Crippen MR) is 130 cm³/mol. The lowest BCUT2D eigenvalue weighted by Crippen LogP contribution is -2.67. The molecule has 0 aromatic heterocycles. The Morgan fingerprint density at radius 3 is 2.12 bits per heavy atom. The van der Waals surface area contributed by atoms with Crippen LogP contribution in [0.3, 0.4) is 0 Å². The molecule has 4 rings (SSSR count). The number of ether oxygens (including phenoxy) is 3. The van der Waals surface area contributed by atoms with Crippen LogP contribution in [0.4, 0.5) is 0 Å². The van der Waals surface area contributed by atoms with Crippen molar-refractivity contribution in [3.63, 3.8) is 0 Å². The average Bonchev–Trinajstić information content (AvgIpc) is 3.27. The molecular weight excluding hydrogens is 450 g/mol. The van der Waals surface area contributed by atoms with Crippen LogP contribution in [0.2, 0.25) is 5.04 Å². The summed E-state index contributed by atoms with van der Waals surface area (Å²) >= 11 is 0. The molecule has 0 N–H and O–H groups in total. The molecule has 180 valence electrons. The fourth-order valence-corrected chi connectivity index (χ4v) is 9.59. The summed E-state index contributed by atoms with van der Waals surface area (Å²) in [6.07, 6.45) is -2.31. The Morgan fingerprint density at radius 2 is 1.62 bits per heavy atom. The summed E-state index contributed by atoms with van der Waals surface area (Å²) in [6.45, 7) is 10.1. The Kier molecular flexibility index (Phi) is 6.59. The normalized spacial score (nSPS) is 24.7. The number of nitrogens with zero attached hydrogens (tertiary/aromatic N) is 3. The fourth-order valence-electron chi connectivity index (χ4n) is 5.01. The highest BCUT2D eigenvalue weighted by molar-refractivity contribution is 6.99. The van der Waals surface area contributed by atoms with E-state index < -0.39 is 44.4 Å². The largest absolute Gasteiger partial charge is 0.457 e. The Labute approximate surface area is 200 Å². The van der Waals surface area contributed by atoms with Gasteiger partial charge in [0.2, 0.25) is 0 Å². The second-order valence-electron chi connectivity index (χ2n) is 10.2. The molecule has 34 heavy (non-hydrogen) atoms. The topological polar surface area (TPSA) is 103 Å². The lowest BCUT2D eigenvalue weighted by atomic mass is 10.1. The van der Waals surface area contributed by atoms with Crippen LogP contribution in [0.15, 0.2) is 65.8 Å². The van der Waals surface area contributed by atoms with E-state index in [1.165, 1.54) is 0 Å². The van der Waals surface area contributed by atoms with E-state index in [9.17, 15) is 10.3 Å². The van der Waals surface area contributed by atoms with E-state index in [1.54, 1.807) is 13.8 Å². The molecule has 2 saturated heterocycles. The molecule has 0 saturated carbocycles. The van der Waals surface area contributed by atoms with Gasteiger partial charge < -0.3 is 18.6 Å². The average molecular weight is 482 g/mol. The molecule has 4 atom stereocenters. The van der Waals surface area contributed by atoms with Crippen molar-refractivity contribution in [2.24, 2.45) is 5.11 Å². The van der Waals surface area contributed by atoms with Gasteiger partial charge in [-0.25, -0.2) is 4.79 Å². The number of carbonyl (C=O) groups is 1. The van der Waals surface area contributed by atoms with Crippen LogP contribution >= 0.6 is 0 Å². The number of rotatable bonds is 7. The van der Waals surface area contributed by atoms with Crippen molar-refractivity contribution in [1.29, 1.82) is 0 Å². The van der Waals surface area contributed by atoms with Gasteiger partial charge in [-0.05, 0) is 34.8 Å². The molecule has 0 spiro atoms. The zero-order valence-corrected chi connectivity index (χ0v) is 21.2. The Hall–Kier alpha value is -2.68. The minimum atomic E-state index is -2.87. The Balaban J connectivity index is 1.72. The lowest BCUT2D eigenvalue weighted by Gasteiger charge is -2.43. The smallest absolute Gasteiger partial charge is 0.338 e. The molecule has 0 radical (unpaired) electrons. The van der Waals surface area contributed by atoms with Gasteiger partial charge in [-0.15, -0.1) is 0 Å². The van der Waals surface area contributed by atoms with E-state index in [0.717, 1.165) is 10.4 Å². The number of fused-ring (bicyclic) bond motifs is 1. The zero-order chi connectivity index (χ0) is 24.6. The van der Waals surface area contributed by atoms with Gasteiger partial charge in [0.05, 0.1) is 6.04 Å². The second kappa shape index (κ2) is 9.17. The first kappa shape index (κ1) is 24.4. The van der Waals surface area contributed by atoms with Crippen LogP contribution < -0.4 is 10.4 Å². The highest BCUT2D eigenvalue weighted by atomic mass is 28.4. The van der Waals surface area contributed by atoms with E-state index in [4.69, 9.17) is 18.6 Å². The van der Waals surface area contributed by atoms with E-state index in [0.29, 0.717) is 0 Å². The minimum absolute atomic E-state index is 0.0717. The molecule has 8 nitrogen and oxygen atoms in total. The quantitative estimate of drug-likeness (QED) is 0.197. The standard InChI is InChI=1S/C25H31N3O5Si/c1-24(2,3)34(17-12-8-6-9-13-17,18-14-10-7-11-15-18)30-16-19(27-28-26)20-21-22(23(29)31-20)33-25(4,5)32-21/h6-15,19-22H,16H2,1-5H3/t19-,20-,21+,22+/m1/s1. The minimum Gasteiger partial charge on any atom is -0.457 e. The van der Waals surface area contributed by atoms with Crippen molar-refractivity contribution >= 4 is 24.7 Å². The van der Waals surface area contributed by atoms with Gasteiger partial charge in [-0.2, -0.15) is 0 Å². The van der Waals surface area contributed by atoms with Crippen molar-refractivity contribution in [1.82, 2.24) is 0 Å². The molecule has 2 aliphatic heterocycles. The summed E-state index contributed by atoms with van der Waals surface area (Å²) in [4.78, 5) is 15.5. The molecule has 2 aromatic carbocycles. The maximum Gasteiger partial charge on any atom is 0.338 e. The third-order valence-corrected chi connectivity index (χ3v) is 11.4. The van der Waals surface area contributed by atoms with Gasteiger partial charge in [0, 0.05) is 11.5 Å². The van der Waals surface area contributed by atoms with Crippen LogP contribution in [0, 0.1) is 0 Å². The number of azide groups is 1. The summed E-state index contributed by atoms with van der Waals surface area (Å²) < 4.78 is 24.2. The van der Waals surface area contributed by atoms with Gasteiger partial charge in [0.1, 0.15) is 12.2 Å². The fraction of sp³-hybridized carbons (Fsp3) is 0.480. The molecule has 2 fully saturated rings. The van der Waals surface area contributed by atoms with E-state index >= 15 is 0 Å². The Morgan fingerprint density at radius 1 is 1.06 bits per heavy atom. The highest BCUT2D eigenvalue weighted by Gasteiger charge is 2.58. The summed E-state index contributed by atoms with van der Waals surface area (Å²) in [7, 11) is -2.87. The molecule has 2 aromatic rings. The number of hydrogen-bond donors (Lipinski definition) is 0. The van der Waals surface area contributed by atoms with Gasteiger partial charge in [-0.1, -0.05) is 86.5 Å². The van der Waals surface area contributed by atoms with E-state index in [1.807, 2.05) is 36.4 Å². The first-order valence-electron chi connectivity index (χ1n) is 11.4. The molecule has 0 unspecified atom stereocenters. The van der Waals surface area contributed by atoms with Crippen LogP contribution in [0.1, 0.15) is 34.6 Å². The van der Waals surface area contributed by atoms with Gasteiger partial charge >= 0.3 is 5.97 Å². The first-order valence-corrected chi connectivity index (χ1v) is 13.4. The molecule has 2 aliphatic rings. The third-order valence-electron chi connectivity index (χ3n) is 6.40. The van der Waals surface area contributed by atoms with Gasteiger partial charge in [0.15, 0.2) is 11.9 Å². The predicted octanol–water partition coefficient (Wildman–Crippen LogP) is 3.69. The number of benzene rings is 2. The molecule has 2 heterocycles. The second-order valence-corrected chi connectivity index (χ2v) is 14.5. The van der Waals surface area contributed by atoms with Crippen LogP contribution in [0.25, 0.3) is 10.4 Å². The van der Waals surface area contributed by atoms with Crippen LogP contribution in [0.5, 0.6) is 0 Å². The number of carbonyl (C=O) groups excluding carboxylic acids is 1. The molecule has 9 heteroatoms. The van der Waals surface area contributed by atoms with Crippen LogP contribution in [-0.4, -0.2) is 51.0 Å². The maximum absolute atomic E-state index is 12.5. The van der Waals surface area contributed by atoms with E-state index in [2.05, 4.69) is 55.1 Å². The molecular formula is C25H31N3O5Si. The molecule has 0 amide bonds. The van der Waals surface area contributed by atoms with Gasteiger partial charge in [-0.3, -0.25) is 0 Å². The first-order chi connectivity index (χ1) is 16.1. The van der Waals surface area contributed by atoms with Crippen molar-refractivity contribution in [2.75, 3.05) is 6.61 Å². The van der Waals surface area contributed by atoms with E-state index in [-0.39, 0.29) is 11.6 Å². The van der Waals surface area contributed by atoms with Gasteiger partial charge in [0.25, 0.3) is 8.32 Å². The third kappa shape index (κ3) is 4.37. The summed E-state index contributed by atoms with van der Waals surface area (Å²) in [5.74, 6) is -1.43. The highest BCUT2D eigenvalue weighted by Crippen LogP contribution is 2.40. The monoisotopic (exact) mass is 481 g/mol. The van der Waals surface area contributed by atoms with Crippen molar-refractivity contribution in [2.45, 2.75) is 69.8 Å².